The smallest absolute Gasteiger partial charge is 0.0473 e. The Morgan fingerprint density at radius 2 is 0.595 bits per heavy atom. The zero-order valence-corrected chi connectivity index (χ0v) is 20.5. The summed E-state index contributed by atoms with van der Waals surface area (Å²) in [5.74, 6) is 0. The van der Waals surface area contributed by atoms with Crippen LogP contribution in [0.4, 0.5) is 5.69 Å². The molecule has 37 heavy (non-hydrogen) atoms. The highest BCUT2D eigenvalue weighted by Crippen LogP contribution is 2.41. The van der Waals surface area contributed by atoms with E-state index in [0.717, 1.165) is 33.5 Å². The molecule has 1 heteroatoms. The molecule has 0 aliphatic carbocycles. The van der Waals surface area contributed by atoms with Gasteiger partial charge in [-0.05, 0) is 68.8 Å². The molecule has 0 radical (unpaired) electrons. The van der Waals surface area contributed by atoms with Crippen LogP contribution >= 0.6 is 0 Å². The molecule has 6 rings (SSSR count). The maximum absolute atomic E-state index is 6.97. The highest BCUT2D eigenvalue weighted by molar-refractivity contribution is 5.94. The van der Waals surface area contributed by atoms with Gasteiger partial charge in [0.05, 0.1) is 0 Å². The van der Waals surface area contributed by atoms with Crippen molar-refractivity contribution in [1.82, 2.24) is 0 Å². The van der Waals surface area contributed by atoms with E-state index in [2.05, 4.69) is 140 Å². The van der Waals surface area contributed by atoms with E-state index in [1.165, 1.54) is 27.8 Å². The minimum Gasteiger partial charge on any atom is -0.398 e. The standard InChI is InChI=1S/C36H27N/c37-36-34(31-20-10-18-29(22-31)26-12-4-1-5-13-26)24-33(28-16-8-3-9-17-28)25-35(36)32-21-11-19-30(23-32)27-14-6-2-7-15-27/h1-25H,37H2. The molecule has 0 aliphatic rings. The van der Waals surface area contributed by atoms with Gasteiger partial charge in [0, 0.05) is 16.8 Å². The van der Waals surface area contributed by atoms with Crippen LogP contribution in [0.5, 0.6) is 0 Å². The van der Waals surface area contributed by atoms with Gasteiger partial charge in [0.1, 0.15) is 0 Å². The van der Waals surface area contributed by atoms with Crippen molar-refractivity contribution in [2.24, 2.45) is 0 Å². The number of nitrogen functional groups attached to an aromatic ring is 1. The Kier molecular flexibility index (Phi) is 6.10. The summed E-state index contributed by atoms with van der Waals surface area (Å²) in [5, 5.41) is 0. The lowest BCUT2D eigenvalue weighted by atomic mass is 9.89. The monoisotopic (exact) mass is 473 g/mol. The molecule has 0 atom stereocenters. The molecule has 0 heterocycles. The molecular weight excluding hydrogens is 446 g/mol. The molecule has 0 spiro atoms. The quantitative estimate of drug-likeness (QED) is 0.248. The molecule has 0 saturated heterocycles. The molecule has 0 amide bonds. The van der Waals surface area contributed by atoms with Gasteiger partial charge in [-0.3, -0.25) is 0 Å². The fourth-order valence-electron chi connectivity index (χ4n) is 4.92. The zero-order chi connectivity index (χ0) is 25.0. The van der Waals surface area contributed by atoms with E-state index in [9.17, 15) is 0 Å². The number of rotatable bonds is 5. The molecule has 0 aromatic heterocycles. The van der Waals surface area contributed by atoms with E-state index in [1.54, 1.807) is 0 Å². The highest BCUT2D eigenvalue weighted by Gasteiger charge is 2.14. The third-order valence-corrected chi connectivity index (χ3v) is 6.85. The largest absolute Gasteiger partial charge is 0.398 e. The number of hydrogen-bond donors (Lipinski definition) is 1. The van der Waals surface area contributed by atoms with Gasteiger partial charge in [-0.25, -0.2) is 0 Å². The van der Waals surface area contributed by atoms with E-state index in [0.29, 0.717) is 0 Å². The Bertz CT molecular complexity index is 1550. The summed E-state index contributed by atoms with van der Waals surface area (Å²) in [6.07, 6.45) is 0. The van der Waals surface area contributed by atoms with Crippen molar-refractivity contribution in [2.75, 3.05) is 5.73 Å². The van der Waals surface area contributed by atoms with Gasteiger partial charge in [0.25, 0.3) is 0 Å². The van der Waals surface area contributed by atoms with E-state index >= 15 is 0 Å². The first-order valence-electron chi connectivity index (χ1n) is 12.6. The minimum absolute atomic E-state index is 0.787. The topological polar surface area (TPSA) is 26.0 Å². The first kappa shape index (κ1) is 22.6. The van der Waals surface area contributed by atoms with Crippen LogP contribution in [0.2, 0.25) is 0 Å². The van der Waals surface area contributed by atoms with Gasteiger partial charge >= 0.3 is 0 Å². The Hall–Kier alpha value is -4.88. The van der Waals surface area contributed by atoms with Crippen LogP contribution in [-0.2, 0) is 0 Å². The lowest BCUT2D eigenvalue weighted by Gasteiger charge is -2.17. The second kappa shape index (κ2) is 10.0. The van der Waals surface area contributed by atoms with Crippen molar-refractivity contribution in [1.29, 1.82) is 0 Å². The van der Waals surface area contributed by atoms with Crippen LogP contribution in [-0.4, -0.2) is 0 Å². The van der Waals surface area contributed by atoms with Crippen molar-refractivity contribution in [2.45, 2.75) is 0 Å². The molecule has 0 saturated carbocycles. The van der Waals surface area contributed by atoms with Gasteiger partial charge in [0.15, 0.2) is 0 Å². The van der Waals surface area contributed by atoms with Crippen LogP contribution in [0.25, 0.3) is 55.6 Å². The minimum atomic E-state index is 0.787. The summed E-state index contributed by atoms with van der Waals surface area (Å²) in [6.45, 7) is 0. The van der Waals surface area contributed by atoms with Crippen LogP contribution < -0.4 is 5.73 Å². The second-order valence-electron chi connectivity index (χ2n) is 9.24. The molecule has 6 aromatic rings. The van der Waals surface area contributed by atoms with Crippen LogP contribution in [0.3, 0.4) is 0 Å². The molecule has 0 unspecified atom stereocenters. The summed E-state index contributed by atoms with van der Waals surface area (Å²) < 4.78 is 0. The summed E-state index contributed by atoms with van der Waals surface area (Å²) in [7, 11) is 0. The number of anilines is 1. The molecule has 0 bridgehead atoms. The van der Waals surface area contributed by atoms with Gasteiger partial charge in [-0.1, -0.05) is 127 Å². The summed E-state index contributed by atoms with van der Waals surface area (Å²) in [5.41, 5.74) is 19.1. The number of hydrogen-bond acceptors (Lipinski definition) is 1. The first-order valence-corrected chi connectivity index (χ1v) is 12.6. The van der Waals surface area contributed by atoms with Crippen molar-refractivity contribution in [3.05, 3.63) is 152 Å². The predicted molar refractivity (Wildman–Crippen MR) is 158 cm³/mol. The van der Waals surface area contributed by atoms with Crippen LogP contribution in [0, 0.1) is 0 Å². The van der Waals surface area contributed by atoms with Crippen LogP contribution in [0.1, 0.15) is 0 Å². The average Bonchev–Trinajstić information content (AvgIpc) is 2.99. The second-order valence-corrected chi connectivity index (χ2v) is 9.24. The first-order chi connectivity index (χ1) is 18.3. The lowest BCUT2D eigenvalue weighted by molar-refractivity contribution is 1.55. The predicted octanol–water partition coefficient (Wildman–Crippen LogP) is 9.60. The maximum atomic E-state index is 6.97. The van der Waals surface area contributed by atoms with Crippen molar-refractivity contribution in [3.8, 4) is 55.6 Å². The zero-order valence-electron chi connectivity index (χ0n) is 20.5. The van der Waals surface area contributed by atoms with E-state index in [-0.39, 0.29) is 0 Å². The van der Waals surface area contributed by atoms with Gasteiger partial charge < -0.3 is 5.73 Å². The number of nitrogens with two attached hydrogens (primary N) is 1. The maximum Gasteiger partial charge on any atom is 0.0473 e. The molecule has 0 aliphatic heterocycles. The number of benzene rings is 6. The molecular formula is C36H27N. The van der Waals surface area contributed by atoms with Crippen molar-refractivity contribution in [3.63, 3.8) is 0 Å². The Balaban J connectivity index is 1.54. The molecule has 176 valence electrons. The highest BCUT2D eigenvalue weighted by atomic mass is 14.6. The molecule has 0 fully saturated rings. The summed E-state index contributed by atoms with van der Waals surface area (Å²) in [4.78, 5) is 0. The Labute approximate surface area is 218 Å². The normalized spacial score (nSPS) is 10.8. The summed E-state index contributed by atoms with van der Waals surface area (Å²) in [6, 6.07) is 53.2. The molecule has 1 nitrogen and oxygen atoms in total. The third-order valence-electron chi connectivity index (χ3n) is 6.85. The average molecular weight is 474 g/mol. The Morgan fingerprint density at radius 1 is 0.270 bits per heavy atom. The van der Waals surface area contributed by atoms with E-state index in [1.807, 2.05) is 12.1 Å². The van der Waals surface area contributed by atoms with Crippen molar-refractivity contribution >= 4 is 5.69 Å². The van der Waals surface area contributed by atoms with E-state index in [4.69, 9.17) is 5.73 Å². The van der Waals surface area contributed by atoms with Gasteiger partial charge in [-0.2, -0.15) is 0 Å². The van der Waals surface area contributed by atoms with Crippen molar-refractivity contribution < 1.29 is 0 Å². The van der Waals surface area contributed by atoms with Crippen LogP contribution in [0.15, 0.2) is 152 Å². The third kappa shape index (κ3) is 4.68. The fourth-order valence-corrected chi connectivity index (χ4v) is 4.92. The lowest BCUT2D eigenvalue weighted by Crippen LogP contribution is -1.96. The molecule has 6 aromatic carbocycles. The molecule has 2 N–H and O–H groups in total. The Morgan fingerprint density at radius 3 is 1.00 bits per heavy atom. The SMILES string of the molecule is Nc1c(-c2cccc(-c3ccccc3)c2)cc(-c2ccccc2)cc1-c1cccc(-c2ccccc2)c1. The van der Waals surface area contributed by atoms with E-state index < -0.39 is 0 Å². The van der Waals surface area contributed by atoms with Gasteiger partial charge in [-0.15, -0.1) is 0 Å². The summed E-state index contributed by atoms with van der Waals surface area (Å²) >= 11 is 0. The van der Waals surface area contributed by atoms with Gasteiger partial charge in [0.2, 0.25) is 0 Å². The fraction of sp³-hybridized carbons (Fsp3) is 0.